The number of hydrogen-bond acceptors (Lipinski definition) is 2. The molecule has 18 heavy (non-hydrogen) atoms. The fraction of sp³-hybridized carbons (Fsp3) is 0.625. The van der Waals surface area contributed by atoms with E-state index in [9.17, 15) is 5.11 Å². The van der Waals surface area contributed by atoms with Crippen LogP contribution in [0.2, 0.25) is 0 Å². The van der Waals surface area contributed by atoms with Gasteiger partial charge in [0, 0.05) is 12.6 Å². The van der Waals surface area contributed by atoms with Gasteiger partial charge in [-0.3, -0.25) is 0 Å². The topological polar surface area (TPSA) is 32.3 Å². The summed E-state index contributed by atoms with van der Waals surface area (Å²) in [6.45, 7) is 1.16. The van der Waals surface area contributed by atoms with E-state index >= 15 is 0 Å². The van der Waals surface area contributed by atoms with Crippen LogP contribution in [-0.2, 0) is 6.42 Å². The Morgan fingerprint density at radius 3 is 2.67 bits per heavy atom. The molecule has 2 nitrogen and oxygen atoms in total. The molecular weight excluding hydrogens is 222 g/mol. The number of nitrogens with one attached hydrogen (secondary N) is 1. The lowest BCUT2D eigenvalue weighted by Crippen LogP contribution is -2.35. The van der Waals surface area contributed by atoms with Crippen LogP contribution in [0.3, 0.4) is 0 Å². The third-order valence-electron chi connectivity index (χ3n) is 4.50. The molecule has 2 aliphatic rings. The Morgan fingerprint density at radius 2 is 2.00 bits per heavy atom. The van der Waals surface area contributed by atoms with Gasteiger partial charge in [0.2, 0.25) is 0 Å². The molecule has 0 unspecified atom stereocenters. The van der Waals surface area contributed by atoms with Gasteiger partial charge in [0.1, 0.15) is 5.75 Å². The fourth-order valence-electron chi connectivity index (χ4n) is 3.29. The first-order valence-electron chi connectivity index (χ1n) is 7.27. The maximum Gasteiger partial charge on any atom is 0.115 e. The van der Waals surface area contributed by atoms with Crippen molar-refractivity contribution >= 4 is 0 Å². The second kappa shape index (κ2) is 4.93. The van der Waals surface area contributed by atoms with Gasteiger partial charge in [-0.2, -0.15) is 0 Å². The highest BCUT2D eigenvalue weighted by Gasteiger charge is 2.35. The molecule has 2 saturated carbocycles. The molecule has 0 aliphatic heterocycles. The monoisotopic (exact) mass is 245 g/mol. The highest BCUT2D eigenvalue weighted by Crippen LogP contribution is 2.41. The van der Waals surface area contributed by atoms with Gasteiger partial charge >= 0.3 is 0 Å². The summed E-state index contributed by atoms with van der Waals surface area (Å²) in [7, 11) is 0. The van der Waals surface area contributed by atoms with E-state index in [2.05, 4.69) is 11.4 Å². The van der Waals surface area contributed by atoms with E-state index in [1.165, 1.54) is 44.1 Å². The van der Waals surface area contributed by atoms with Crippen LogP contribution in [0.15, 0.2) is 24.3 Å². The first-order chi connectivity index (χ1) is 8.76. The predicted octanol–water partition coefficient (Wildman–Crippen LogP) is 3.25. The van der Waals surface area contributed by atoms with Crippen molar-refractivity contribution in [2.24, 2.45) is 5.41 Å². The number of aromatic hydroxyl groups is 1. The van der Waals surface area contributed by atoms with Crippen LogP contribution in [0, 0.1) is 5.41 Å². The Hall–Kier alpha value is -1.02. The first kappa shape index (κ1) is 12.0. The summed E-state index contributed by atoms with van der Waals surface area (Å²) in [6.07, 6.45) is 9.24. The lowest BCUT2D eigenvalue weighted by molar-refractivity contribution is 0.276. The molecule has 2 heteroatoms. The molecular formula is C16H23NO. The van der Waals surface area contributed by atoms with Crippen LogP contribution in [-0.4, -0.2) is 17.7 Å². The minimum Gasteiger partial charge on any atom is -0.508 e. The van der Waals surface area contributed by atoms with Crippen LogP contribution >= 0.6 is 0 Å². The van der Waals surface area contributed by atoms with Gasteiger partial charge in [-0.05, 0) is 55.2 Å². The average Bonchev–Trinajstić information content (AvgIpc) is 3.08. The van der Waals surface area contributed by atoms with Crippen molar-refractivity contribution in [1.29, 1.82) is 0 Å². The highest BCUT2D eigenvalue weighted by molar-refractivity contribution is 5.28. The maximum absolute atomic E-state index is 9.58. The number of benzene rings is 1. The molecule has 2 N–H and O–H groups in total. The van der Waals surface area contributed by atoms with Gasteiger partial charge in [-0.1, -0.05) is 25.0 Å². The van der Waals surface area contributed by atoms with Crippen molar-refractivity contribution in [2.75, 3.05) is 6.54 Å². The molecule has 1 aromatic rings. The summed E-state index contributed by atoms with van der Waals surface area (Å²) in [5.41, 5.74) is 1.73. The van der Waals surface area contributed by atoms with E-state index in [1.54, 1.807) is 6.07 Å². The molecule has 2 fully saturated rings. The number of rotatable bonds is 5. The molecule has 0 atom stereocenters. The van der Waals surface area contributed by atoms with Crippen LogP contribution < -0.4 is 5.32 Å². The second-order valence-electron chi connectivity index (χ2n) is 6.21. The zero-order valence-electron chi connectivity index (χ0n) is 11.0. The molecule has 0 radical (unpaired) electrons. The summed E-state index contributed by atoms with van der Waals surface area (Å²) in [4.78, 5) is 0. The van der Waals surface area contributed by atoms with E-state index in [-0.39, 0.29) is 0 Å². The van der Waals surface area contributed by atoms with Crippen LogP contribution in [0.1, 0.15) is 44.1 Å². The van der Waals surface area contributed by atoms with Gasteiger partial charge in [-0.25, -0.2) is 0 Å². The van der Waals surface area contributed by atoms with E-state index in [0.717, 1.165) is 19.0 Å². The van der Waals surface area contributed by atoms with Gasteiger partial charge < -0.3 is 10.4 Å². The summed E-state index contributed by atoms with van der Waals surface area (Å²) >= 11 is 0. The normalized spacial score (nSPS) is 22.2. The Labute approximate surface area is 109 Å². The second-order valence-corrected chi connectivity index (χ2v) is 6.21. The molecule has 0 amide bonds. The van der Waals surface area contributed by atoms with E-state index in [0.29, 0.717) is 11.2 Å². The summed E-state index contributed by atoms with van der Waals surface area (Å²) in [6, 6.07) is 8.59. The Morgan fingerprint density at radius 1 is 1.22 bits per heavy atom. The van der Waals surface area contributed by atoms with Crippen LogP contribution in [0.4, 0.5) is 0 Å². The third-order valence-corrected chi connectivity index (χ3v) is 4.50. The molecule has 0 aromatic heterocycles. The van der Waals surface area contributed by atoms with Gasteiger partial charge in [0.05, 0.1) is 0 Å². The van der Waals surface area contributed by atoms with Crippen molar-refractivity contribution in [3.8, 4) is 5.75 Å². The van der Waals surface area contributed by atoms with Crippen molar-refractivity contribution in [2.45, 2.75) is 51.0 Å². The zero-order chi connectivity index (χ0) is 12.4. The number of phenols is 1. The third kappa shape index (κ3) is 2.86. The van der Waals surface area contributed by atoms with Crippen LogP contribution in [0.5, 0.6) is 5.75 Å². The van der Waals surface area contributed by atoms with Gasteiger partial charge in [0.15, 0.2) is 0 Å². The highest BCUT2D eigenvalue weighted by atomic mass is 16.3. The fourth-order valence-corrected chi connectivity index (χ4v) is 3.29. The molecule has 98 valence electrons. The molecule has 2 aliphatic carbocycles. The van der Waals surface area contributed by atoms with E-state index in [4.69, 9.17) is 0 Å². The SMILES string of the molecule is Oc1cccc(CC2(CNC3CC3)CCCC2)c1. The van der Waals surface area contributed by atoms with E-state index in [1.807, 2.05) is 12.1 Å². The minimum atomic E-state index is 0.399. The van der Waals surface area contributed by atoms with Crippen molar-refractivity contribution < 1.29 is 5.11 Å². The number of hydrogen-bond donors (Lipinski definition) is 2. The lowest BCUT2D eigenvalue weighted by Gasteiger charge is -2.29. The molecule has 0 bridgehead atoms. The molecule has 0 spiro atoms. The Kier molecular flexibility index (Phi) is 3.29. The standard InChI is InChI=1S/C16H23NO/c18-15-5-3-4-13(10-15)11-16(8-1-2-9-16)12-17-14-6-7-14/h3-5,10,14,17-18H,1-2,6-9,11-12H2. The molecule has 0 heterocycles. The quantitative estimate of drug-likeness (QED) is 0.834. The van der Waals surface area contributed by atoms with Crippen LogP contribution in [0.25, 0.3) is 0 Å². The minimum absolute atomic E-state index is 0.399. The Balaban J connectivity index is 1.68. The Bertz CT molecular complexity index is 405. The van der Waals surface area contributed by atoms with Gasteiger partial charge in [-0.15, -0.1) is 0 Å². The summed E-state index contributed by atoms with van der Waals surface area (Å²) < 4.78 is 0. The van der Waals surface area contributed by atoms with Crippen molar-refractivity contribution in [3.05, 3.63) is 29.8 Å². The summed E-state index contributed by atoms with van der Waals surface area (Å²) in [5.74, 6) is 0.399. The number of phenolic OH excluding ortho intramolecular Hbond substituents is 1. The van der Waals surface area contributed by atoms with Crippen molar-refractivity contribution in [3.63, 3.8) is 0 Å². The molecule has 0 saturated heterocycles. The first-order valence-corrected chi connectivity index (χ1v) is 7.27. The predicted molar refractivity (Wildman–Crippen MR) is 73.7 cm³/mol. The largest absolute Gasteiger partial charge is 0.508 e. The zero-order valence-corrected chi connectivity index (χ0v) is 11.0. The van der Waals surface area contributed by atoms with E-state index < -0.39 is 0 Å². The van der Waals surface area contributed by atoms with Gasteiger partial charge in [0.25, 0.3) is 0 Å². The molecule has 1 aromatic carbocycles. The maximum atomic E-state index is 9.58. The lowest BCUT2D eigenvalue weighted by atomic mass is 9.80. The van der Waals surface area contributed by atoms with Crippen molar-refractivity contribution in [1.82, 2.24) is 5.32 Å². The molecule has 3 rings (SSSR count). The smallest absolute Gasteiger partial charge is 0.115 e. The summed E-state index contributed by atoms with van der Waals surface area (Å²) in [5, 5.41) is 13.3. The average molecular weight is 245 g/mol.